The molecule has 1 unspecified atom stereocenters. The van der Waals surface area contributed by atoms with E-state index in [0.29, 0.717) is 10.4 Å². The highest BCUT2D eigenvalue weighted by molar-refractivity contribution is 7.40. The van der Waals surface area contributed by atoms with Crippen LogP contribution in [0.2, 0.25) is 0 Å². The van der Waals surface area contributed by atoms with Crippen molar-refractivity contribution in [2.75, 3.05) is 0 Å². The van der Waals surface area contributed by atoms with Crippen molar-refractivity contribution >= 4 is 34.0 Å². The first-order chi connectivity index (χ1) is 11.0. The van der Waals surface area contributed by atoms with Gasteiger partial charge < -0.3 is 0 Å². The van der Waals surface area contributed by atoms with Gasteiger partial charge in [0.25, 0.3) is 0 Å². The first kappa shape index (κ1) is 15.8. The zero-order chi connectivity index (χ0) is 16.4. The van der Waals surface area contributed by atoms with Crippen LogP contribution in [0.25, 0.3) is 0 Å². The number of halogens is 4. The number of rotatable bonds is 3. The minimum absolute atomic E-state index is 0.384. The summed E-state index contributed by atoms with van der Waals surface area (Å²) in [6.45, 7) is 0. The molecule has 0 aliphatic carbocycles. The van der Waals surface area contributed by atoms with Crippen LogP contribution in [-0.2, 0) is 0 Å². The van der Waals surface area contributed by atoms with Crippen LogP contribution in [0.15, 0.2) is 72.8 Å². The van der Waals surface area contributed by atoms with E-state index in [4.69, 9.17) is 11.1 Å². The molecule has 0 aromatic heterocycles. The second kappa shape index (κ2) is 6.22. The molecule has 0 N–H and O–H groups in total. The summed E-state index contributed by atoms with van der Waals surface area (Å²) in [5.41, 5.74) is 0. The topological polar surface area (TPSA) is 0 Å². The molecule has 1 atom stereocenters. The van der Waals surface area contributed by atoms with Crippen molar-refractivity contribution in [3.8, 4) is 0 Å². The molecular weight excluding hydrogens is 337 g/mol. The Hall–Kier alpha value is -2.04. The second-order valence-electron chi connectivity index (χ2n) is 5.19. The molecular formula is C18H12ClF3Si. The lowest BCUT2D eigenvalue weighted by atomic mass is 10.3. The smallest absolute Gasteiger partial charge is 0.207 e. The van der Waals surface area contributed by atoms with Crippen LogP contribution in [0.4, 0.5) is 13.2 Å². The first-order valence-electron chi connectivity index (χ1n) is 6.97. The average molecular weight is 349 g/mol. The SMILES string of the molecule is Fc1ccc([Si](Cl)(c2ccccc2)c2cc(F)cc(F)c2)cc1. The lowest BCUT2D eigenvalue weighted by molar-refractivity contribution is 0.585. The van der Waals surface area contributed by atoms with Crippen LogP contribution in [0, 0.1) is 17.5 Å². The second-order valence-corrected chi connectivity index (χ2v) is 9.94. The Bertz CT molecular complexity index is 801. The van der Waals surface area contributed by atoms with Crippen molar-refractivity contribution in [1.29, 1.82) is 0 Å². The van der Waals surface area contributed by atoms with Crippen LogP contribution in [0.5, 0.6) is 0 Å². The van der Waals surface area contributed by atoms with E-state index in [1.165, 1.54) is 24.3 Å². The predicted octanol–water partition coefficient (Wildman–Crippen LogP) is 3.31. The summed E-state index contributed by atoms with van der Waals surface area (Å²) in [5, 5.41) is 1.82. The number of hydrogen-bond acceptors (Lipinski definition) is 0. The molecule has 0 aliphatic heterocycles. The van der Waals surface area contributed by atoms with Gasteiger partial charge in [-0.05, 0) is 39.8 Å². The van der Waals surface area contributed by atoms with Gasteiger partial charge in [-0.15, -0.1) is 11.1 Å². The van der Waals surface area contributed by atoms with Crippen LogP contribution < -0.4 is 15.6 Å². The zero-order valence-electron chi connectivity index (χ0n) is 11.9. The fourth-order valence-electron chi connectivity index (χ4n) is 2.60. The summed E-state index contributed by atoms with van der Waals surface area (Å²) in [6, 6.07) is 18.2. The van der Waals surface area contributed by atoms with E-state index < -0.39 is 19.0 Å². The first-order valence-corrected chi connectivity index (χ1v) is 9.98. The molecule has 3 aromatic carbocycles. The molecule has 0 heterocycles. The Balaban J connectivity index is 2.27. The van der Waals surface area contributed by atoms with Gasteiger partial charge in [-0.1, -0.05) is 42.5 Å². The lowest BCUT2D eigenvalue weighted by Gasteiger charge is -2.26. The molecule has 0 bridgehead atoms. The van der Waals surface area contributed by atoms with Crippen molar-refractivity contribution in [3.63, 3.8) is 0 Å². The van der Waals surface area contributed by atoms with Crippen LogP contribution >= 0.6 is 11.1 Å². The standard InChI is InChI=1S/C18H12ClF3Si/c19-23(16-4-2-1-3-5-16,17-8-6-13(20)7-9-17)18-11-14(21)10-15(22)12-18/h1-12H. The summed E-state index contributed by atoms with van der Waals surface area (Å²) in [4.78, 5) is 0. The van der Waals surface area contributed by atoms with Crippen molar-refractivity contribution in [2.24, 2.45) is 0 Å². The minimum atomic E-state index is -3.14. The van der Waals surface area contributed by atoms with Crippen LogP contribution in [0.3, 0.4) is 0 Å². The van der Waals surface area contributed by atoms with Crippen LogP contribution in [0.1, 0.15) is 0 Å². The largest absolute Gasteiger partial charge is 0.248 e. The Labute approximate surface area is 137 Å². The maximum Gasteiger partial charge on any atom is 0.248 e. The Kier molecular flexibility index (Phi) is 4.28. The van der Waals surface area contributed by atoms with Gasteiger partial charge in [0.05, 0.1) is 0 Å². The van der Waals surface area contributed by atoms with E-state index in [9.17, 15) is 13.2 Å². The number of benzene rings is 3. The normalized spacial score (nSPS) is 13.6. The highest BCUT2D eigenvalue weighted by Crippen LogP contribution is 2.14. The molecule has 0 fully saturated rings. The Morgan fingerprint density at radius 3 is 1.65 bits per heavy atom. The fourth-order valence-corrected chi connectivity index (χ4v) is 6.63. The van der Waals surface area contributed by atoms with E-state index in [0.717, 1.165) is 11.3 Å². The van der Waals surface area contributed by atoms with Gasteiger partial charge in [0.2, 0.25) is 7.38 Å². The minimum Gasteiger partial charge on any atom is -0.207 e. The van der Waals surface area contributed by atoms with Crippen molar-refractivity contribution in [3.05, 3.63) is 90.2 Å². The molecule has 23 heavy (non-hydrogen) atoms. The summed E-state index contributed by atoms with van der Waals surface area (Å²) < 4.78 is 40.7. The Morgan fingerprint density at radius 1 is 0.565 bits per heavy atom. The fraction of sp³-hybridized carbons (Fsp3) is 0. The monoisotopic (exact) mass is 348 g/mol. The van der Waals surface area contributed by atoms with Gasteiger partial charge in [0, 0.05) is 6.07 Å². The summed E-state index contributed by atoms with van der Waals surface area (Å²) in [7, 11) is -3.14. The maximum absolute atomic E-state index is 13.7. The van der Waals surface area contributed by atoms with E-state index in [-0.39, 0.29) is 5.82 Å². The quantitative estimate of drug-likeness (QED) is 0.387. The molecule has 0 amide bonds. The predicted molar refractivity (Wildman–Crippen MR) is 89.7 cm³/mol. The highest BCUT2D eigenvalue weighted by Gasteiger charge is 2.38. The molecule has 0 saturated heterocycles. The summed E-state index contributed by atoms with van der Waals surface area (Å²) in [5.74, 6) is -1.76. The van der Waals surface area contributed by atoms with Gasteiger partial charge in [-0.3, -0.25) is 0 Å². The molecule has 3 rings (SSSR count). The molecule has 0 nitrogen and oxygen atoms in total. The molecule has 116 valence electrons. The van der Waals surface area contributed by atoms with E-state index in [2.05, 4.69) is 0 Å². The van der Waals surface area contributed by atoms with Gasteiger partial charge in [0.15, 0.2) is 0 Å². The van der Waals surface area contributed by atoms with Crippen molar-refractivity contribution in [2.45, 2.75) is 0 Å². The van der Waals surface area contributed by atoms with Crippen LogP contribution in [-0.4, -0.2) is 7.38 Å². The molecule has 0 radical (unpaired) electrons. The van der Waals surface area contributed by atoms with Gasteiger partial charge >= 0.3 is 0 Å². The molecule has 3 aromatic rings. The number of hydrogen-bond donors (Lipinski definition) is 0. The molecule has 0 aliphatic rings. The van der Waals surface area contributed by atoms with Crippen molar-refractivity contribution in [1.82, 2.24) is 0 Å². The summed E-state index contributed by atoms with van der Waals surface area (Å²) in [6.07, 6.45) is 0. The molecule has 0 saturated carbocycles. The third-order valence-electron chi connectivity index (χ3n) is 3.67. The summed E-state index contributed by atoms with van der Waals surface area (Å²) >= 11 is 6.99. The van der Waals surface area contributed by atoms with E-state index >= 15 is 0 Å². The van der Waals surface area contributed by atoms with Crippen molar-refractivity contribution < 1.29 is 13.2 Å². The van der Waals surface area contributed by atoms with E-state index in [1.807, 2.05) is 30.3 Å². The van der Waals surface area contributed by atoms with Gasteiger partial charge in [0.1, 0.15) is 17.5 Å². The third kappa shape index (κ3) is 3.05. The third-order valence-corrected chi connectivity index (χ3v) is 8.98. The average Bonchev–Trinajstić information content (AvgIpc) is 2.54. The highest BCUT2D eigenvalue weighted by atomic mass is 35.6. The lowest BCUT2D eigenvalue weighted by Crippen LogP contribution is -2.63. The maximum atomic E-state index is 13.7. The van der Waals surface area contributed by atoms with E-state index in [1.54, 1.807) is 12.1 Å². The molecule has 0 spiro atoms. The Morgan fingerprint density at radius 2 is 1.09 bits per heavy atom. The van der Waals surface area contributed by atoms with Gasteiger partial charge in [-0.25, -0.2) is 13.2 Å². The van der Waals surface area contributed by atoms with Gasteiger partial charge in [-0.2, -0.15) is 0 Å². The zero-order valence-corrected chi connectivity index (χ0v) is 13.7. The molecule has 5 heteroatoms.